The molecule has 2 aromatic carbocycles. The fourth-order valence-corrected chi connectivity index (χ4v) is 2.57. The van der Waals surface area contributed by atoms with E-state index in [0.29, 0.717) is 12.1 Å². The summed E-state index contributed by atoms with van der Waals surface area (Å²) in [5, 5.41) is 9.23. The predicted octanol–water partition coefficient (Wildman–Crippen LogP) is 4.88. The summed E-state index contributed by atoms with van der Waals surface area (Å²) >= 11 is 0. The van der Waals surface area contributed by atoms with Gasteiger partial charge in [-0.25, -0.2) is 9.59 Å². The van der Waals surface area contributed by atoms with Crippen LogP contribution >= 0.6 is 0 Å². The number of rotatable bonds is 3. The van der Waals surface area contributed by atoms with Crippen molar-refractivity contribution in [3.8, 4) is 11.1 Å². The van der Waals surface area contributed by atoms with Gasteiger partial charge in [0.2, 0.25) is 0 Å². The van der Waals surface area contributed by atoms with E-state index in [1.54, 1.807) is 0 Å². The van der Waals surface area contributed by atoms with Crippen LogP contribution in [-0.2, 0) is 17.1 Å². The Hall–Kier alpha value is -3.04. The molecular weight excluding hydrogens is 382 g/mol. The minimum Gasteiger partial charge on any atom is -0.478 e. The fourth-order valence-electron chi connectivity index (χ4n) is 2.57. The van der Waals surface area contributed by atoms with Crippen molar-refractivity contribution in [1.82, 2.24) is 0 Å². The minimum absolute atomic E-state index is 0.440. The monoisotopic (exact) mass is 392 g/mol. The molecule has 10 heteroatoms. The smallest absolute Gasteiger partial charge is 0.417 e. The van der Waals surface area contributed by atoms with Crippen molar-refractivity contribution in [3.63, 3.8) is 0 Å². The highest BCUT2D eigenvalue weighted by Gasteiger charge is 2.41. The number of hydrogen-bond acceptors (Lipinski definition) is 3. The lowest BCUT2D eigenvalue weighted by Gasteiger charge is -2.21. The van der Waals surface area contributed by atoms with Crippen molar-refractivity contribution in [2.75, 3.05) is 7.11 Å². The average Bonchev–Trinajstić information content (AvgIpc) is 2.58. The molecule has 0 fully saturated rings. The number of alkyl halides is 6. The number of halogens is 6. The lowest BCUT2D eigenvalue weighted by molar-refractivity contribution is -0.139. The Balaban J connectivity index is 3.10. The molecule has 0 heterocycles. The predicted molar refractivity (Wildman–Crippen MR) is 80.2 cm³/mol. The van der Waals surface area contributed by atoms with Gasteiger partial charge in [0.25, 0.3) is 0 Å². The average molecular weight is 392 g/mol. The van der Waals surface area contributed by atoms with Crippen molar-refractivity contribution in [2.45, 2.75) is 12.4 Å². The van der Waals surface area contributed by atoms with Gasteiger partial charge in [0, 0.05) is 11.1 Å². The van der Waals surface area contributed by atoms with Crippen molar-refractivity contribution in [3.05, 3.63) is 58.7 Å². The topological polar surface area (TPSA) is 63.6 Å². The lowest BCUT2D eigenvalue weighted by Crippen LogP contribution is -2.17. The molecule has 4 nitrogen and oxygen atoms in total. The Morgan fingerprint density at radius 3 is 1.59 bits per heavy atom. The van der Waals surface area contributed by atoms with E-state index in [2.05, 4.69) is 4.74 Å². The van der Waals surface area contributed by atoms with Crippen LogP contribution in [0.5, 0.6) is 0 Å². The molecule has 0 saturated carbocycles. The SMILES string of the molecule is COC(=O)c1cccc(C(F)(F)F)c1-c1c(C(=O)O)cccc1C(F)(F)F. The third kappa shape index (κ3) is 3.88. The molecule has 0 spiro atoms. The molecular formula is C17H10F6O4. The Morgan fingerprint density at radius 1 is 0.815 bits per heavy atom. The van der Waals surface area contributed by atoms with Crippen LogP contribution in [0.1, 0.15) is 31.8 Å². The van der Waals surface area contributed by atoms with Crippen LogP contribution in [0, 0.1) is 0 Å². The van der Waals surface area contributed by atoms with E-state index in [1.165, 1.54) is 0 Å². The van der Waals surface area contributed by atoms with Gasteiger partial charge in [0.05, 0.1) is 29.4 Å². The maximum atomic E-state index is 13.5. The van der Waals surface area contributed by atoms with Gasteiger partial charge in [-0.3, -0.25) is 0 Å². The molecule has 27 heavy (non-hydrogen) atoms. The number of methoxy groups -OCH3 is 1. The lowest BCUT2D eigenvalue weighted by atomic mass is 9.87. The molecule has 0 aliphatic rings. The van der Waals surface area contributed by atoms with E-state index in [1.807, 2.05) is 0 Å². The largest absolute Gasteiger partial charge is 0.478 e. The summed E-state index contributed by atoms with van der Waals surface area (Å²) in [5.41, 5.74) is -7.56. The quantitative estimate of drug-likeness (QED) is 0.598. The number of carbonyl (C=O) groups excluding carboxylic acids is 1. The standard InChI is InChI=1S/C17H10F6O4/c1-27-15(26)9-5-3-7-11(17(21,22)23)13(9)12-8(14(24)25)4-2-6-10(12)16(18,19)20/h2-7H,1H3,(H,24,25). The molecule has 2 aromatic rings. The van der Waals surface area contributed by atoms with Gasteiger partial charge < -0.3 is 9.84 Å². The highest BCUT2D eigenvalue weighted by Crippen LogP contribution is 2.45. The second-order valence-corrected chi connectivity index (χ2v) is 5.25. The Bertz CT molecular complexity index is 899. The van der Waals surface area contributed by atoms with Gasteiger partial charge in [-0.15, -0.1) is 0 Å². The second kappa shape index (κ2) is 6.93. The third-order valence-electron chi connectivity index (χ3n) is 3.63. The zero-order valence-corrected chi connectivity index (χ0v) is 13.4. The van der Waals surface area contributed by atoms with Gasteiger partial charge in [-0.1, -0.05) is 12.1 Å². The van der Waals surface area contributed by atoms with Crippen LogP contribution in [-0.4, -0.2) is 24.2 Å². The molecule has 1 N–H and O–H groups in total. The van der Waals surface area contributed by atoms with Crippen molar-refractivity contribution < 1.29 is 45.8 Å². The number of esters is 1. The van der Waals surface area contributed by atoms with Crippen LogP contribution in [0.15, 0.2) is 36.4 Å². The van der Waals surface area contributed by atoms with E-state index in [4.69, 9.17) is 0 Å². The van der Waals surface area contributed by atoms with Crippen LogP contribution < -0.4 is 0 Å². The first kappa shape index (κ1) is 20.3. The molecule has 0 bridgehead atoms. The molecule has 0 amide bonds. The second-order valence-electron chi connectivity index (χ2n) is 5.25. The van der Waals surface area contributed by atoms with Crippen molar-refractivity contribution in [2.24, 2.45) is 0 Å². The number of ether oxygens (including phenoxy) is 1. The maximum absolute atomic E-state index is 13.5. The molecule has 0 radical (unpaired) electrons. The highest BCUT2D eigenvalue weighted by molar-refractivity contribution is 6.04. The van der Waals surface area contributed by atoms with Crippen molar-refractivity contribution in [1.29, 1.82) is 0 Å². The van der Waals surface area contributed by atoms with Crippen LogP contribution in [0.2, 0.25) is 0 Å². The van der Waals surface area contributed by atoms with Gasteiger partial charge in [0.1, 0.15) is 0 Å². The first-order valence-electron chi connectivity index (χ1n) is 7.12. The molecule has 0 aliphatic heterocycles. The summed E-state index contributed by atoms with van der Waals surface area (Å²) in [7, 11) is 0.833. The normalized spacial score (nSPS) is 12.0. The zero-order valence-electron chi connectivity index (χ0n) is 13.4. The Morgan fingerprint density at radius 2 is 1.22 bits per heavy atom. The minimum atomic E-state index is -5.17. The molecule has 0 aromatic heterocycles. The summed E-state index contributed by atoms with van der Waals surface area (Å²) in [6.45, 7) is 0. The number of carboxylic acid groups (broad SMARTS) is 1. The number of carbonyl (C=O) groups is 2. The van der Waals surface area contributed by atoms with Crippen LogP contribution in [0.25, 0.3) is 11.1 Å². The van der Waals surface area contributed by atoms with Gasteiger partial charge in [0.15, 0.2) is 0 Å². The van der Waals surface area contributed by atoms with E-state index in [-0.39, 0.29) is 0 Å². The Kier molecular flexibility index (Phi) is 5.21. The van der Waals surface area contributed by atoms with Crippen LogP contribution in [0.3, 0.4) is 0 Å². The Labute approximate surface area is 148 Å². The highest BCUT2D eigenvalue weighted by atomic mass is 19.4. The summed E-state index contributed by atoms with van der Waals surface area (Å²) < 4.78 is 85.0. The number of hydrogen-bond donors (Lipinski definition) is 1. The summed E-state index contributed by atoms with van der Waals surface area (Å²) in [6.07, 6.45) is -10.3. The first-order valence-corrected chi connectivity index (χ1v) is 7.12. The maximum Gasteiger partial charge on any atom is 0.417 e. The molecule has 0 aliphatic carbocycles. The van der Waals surface area contributed by atoms with Gasteiger partial charge in [-0.05, 0) is 24.3 Å². The molecule has 0 saturated heterocycles. The molecule has 0 unspecified atom stereocenters. The zero-order chi connectivity index (χ0) is 20.6. The number of aromatic carboxylic acids is 1. The first-order chi connectivity index (χ1) is 12.4. The number of benzene rings is 2. The third-order valence-corrected chi connectivity index (χ3v) is 3.63. The van der Waals surface area contributed by atoms with E-state index in [0.717, 1.165) is 31.4 Å². The van der Waals surface area contributed by atoms with E-state index in [9.17, 15) is 41.0 Å². The summed E-state index contributed by atoms with van der Waals surface area (Å²) in [6, 6.07) is 4.02. The van der Waals surface area contributed by atoms with E-state index < -0.39 is 57.7 Å². The molecule has 2 rings (SSSR count). The molecule has 144 valence electrons. The van der Waals surface area contributed by atoms with Crippen molar-refractivity contribution >= 4 is 11.9 Å². The summed E-state index contributed by atoms with van der Waals surface area (Å²) in [5.74, 6) is -3.23. The fraction of sp³-hybridized carbons (Fsp3) is 0.176. The summed E-state index contributed by atoms with van der Waals surface area (Å²) in [4.78, 5) is 23.3. The number of carboxylic acids is 1. The van der Waals surface area contributed by atoms with E-state index >= 15 is 0 Å². The van der Waals surface area contributed by atoms with Crippen LogP contribution in [0.4, 0.5) is 26.3 Å². The molecule has 0 atom stereocenters. The van der Waals surface area contributed by atoms with Gasteiger partial charge in [-0.2, -0.15) is 26.3 Å². The van der Waals surface area contributed by atoms with Gasteiger partial charge >= 0.3 is 24.3 Å².